The van der Waals surface area contributed by atoms with Gasteiger partial charge in [0.25, 0.3) is 5.91 Å². The predicted octanol–water partition coefficient (Wildman–Crippen LogP) is 1.64. The molecule has 0 unspecified atom stereocenters. The average Bonchev–Trinajstić information content (AvgIpc) is 3.47. The van der Waals surface area contributed by atoms with Gasteiger partial charge >= 0.3 is 0 Å². The number of hydrogen-bond donors (Lipinski definition) is 2. The number of ether oxygens (including phenoxy) is 1. The van der Waals surface area contributed by atoms with E-state index in [1.807, 2.05) is 24.3 Å². The first-order valence-corrected chi connectivity index (χ1v) is 10.7. The van der Waals surface area contributed by atoms with Crippen molar-refractivity contribution >= 4 is 11.8 Å². The van der Waals surface area contributed by atoms with Crippen molar-refractivity contribution in [2.24, 2.45) is 0 Å². The molecule has 2 N–H and O–H groups in total. The molecule has 1 aromatic carbocycles. The molecule has 0 radical (unpaired) electrons. The number of carbonyl (C=O) groups is 2. The van der Waals surface area contributed by atoms with Gasteiger partial charge in [0.05, 0.1) is 25.5 Å². The van der Waals surface area contributed by atoms with Gasteiger partial charge < -0.3 is 24.5 Å². The van der Waals surface area contributed by atoms with Crippen molar-refractivity contribution in [3.63, 3.8) is 0 Å². The van der Waals surface area contributed by atoms with E-state index in [-0.39, 0.29) is 23.9 Å². The molecule has 0 saturated carbocycles. The minimum absolute atomic E-state index is 0.0755. The van der Waals surface area contributed by atoms with Crippen LogP contribution in [0.1, 0.15) is 35.4 Å². The molecular weight excluding hydrogens is 398 g/mol. The number of rotatable bonds is 6. The smallest absolute Gasteiger partial charge is 0.289 e. The molecule has 0 bridgehead atoms. The highest BCUT2D eigenvalue weighted by atomic mass is 16.5. The third-order valence-electron chi connectivity index (χ3n) is 6.17. The number of aliphatic hydroxyl groups excluding tert-OH is 1. The maximum atomic E-state index is 12.9. The van der Waals surface area contributed by atoms with Crippen molar-refractivity contribution in [2.75, 3.05) is 26.7 Å². The van der Waals surface area contributed by atoms with E-state index in [9.17, 15) is 14.7 Å². The molecule has 2 saturated heterocycles. The van der Waals surface area contributed by atoms with Crippen LogP contribution in [0.5, 0.6) is 5.75 Å². The second-order valence-electron chi connectivity index (χ2n) is 8.17. The molecule has 166 valence electrons. The molecule has 8 nitrogen and oxygen atoms in total. The largest absolute Gasteiger partial charge is 0.497 e. The number of hydrogen-bond acceptors (Lipinski definition) is 6. The average molecular weight is 428 g/mol. The number of amides is 2. The minimum Gasteiger partial charge on any atom is -0.497 e. The summed E-state index contributed by atoms with van der Waals surface area (Å²) in [7, 11) is 1.61. The molecule has 0 aliphatic carbocycles. The molecule has 2 aliphatic rings. The van der Waals surface area contributed by atoms with Gasteiger partial charge in [0.15, 0.2) is 5.76 Å². The van der Waals surface area contributed by atoms with Crippen LogP contribution in [-0.4, -0.2) is 71.7 Å². The number of β-amino-alcohol motifs (C(OH)–C–C–N with tert-alkyl or cyclic N) is 1. The third-order valence-corrected chi connectivity index (χ3v) is 6.17. The monoisotopic (exact) mass is 427 g/mol. The normalized spacial score (nSPS) is 22.5. The maximum Gasteiger partial charge on any atom is 0.289 e. The van der Waals surface area contributed by atoms with Gasteiger partial charge in [-0.2, -0.15) is 0 Å². The van der Waals surface area contributed by atoms with Crippen molar-refractivity contribution in [1.29, 1.82) is 0 Å². The topological polar surface area (TPSA) is 95.3 Å². The number of furan rings is 1. The van der Waals surface area contributed by atoms with Crippen molar-refractivity contribution in [1.82, 2.24) is 15.1 Å². The Kier molecular flexibility index (Phi) is 6.58. The molecule has 2 fully saturated rings. The second-order valence-corrected chi connectivity index (χ2v) is 8.17. The molecule has 31 heavy (non-hydrogen) atoms. The summed E-state index contributed by atoms with van der Waals surface area (Å²) in [5, 5.41) is 13.3. The number of benzene rings is 1. The molecular formula is C23H29N3O5. The fourth-order valence-electron chi connectivity index (χ4n) is 4.55. The van der Waals surface area contributed by atoms with Crippen LogP contribution < -0.4 is 10.1 Å². The van der Waals surface area contributed by atoms with E-state index in [0.717, 1.165) is 24.2 Å². The van der Waals surface area contributed by atoms with Gasteiger partial charge in [-0.25, -0.2) is 0 Å². The van der Waals surface area contributed by atoms with Gasteiger partial charge in [-0.1, -0.05) is 12.1 Å². The van der Waals surface area contributed by atoms with Gasteiger partial charge in [-0.3, -0.25) is 14.5 Å². The van der Waals surface area contributed by atoms with Gasteiger partial charge in [0, 0.05) is 32.2 Å². The van der Waals surface area contributed by atoms with Crippen LogP contribution in [0.4, 0.5) is 0 Å². The summed E-state index contributed by atoms with van der Waals surface area (Å²) in [6.07, 6.45) is 2.93. The van der Waals surface area contributed by atoms with Crippen molar-refractivity contribution in [3.8, 4) is 5.75 Å². The SMILES string of the molecule is COc1cccc(CNC(=O)[C@@H]2C[C@@H](O)CN2C2CCN(C(=O)c3ccco3)CC2)c1. The quantitative estimate of drug-likeness (QED) is 0.728. The summed E-state index contributed by atoms with van der Waals surface area (Å²) in [4.78, 5) is 29.3. The molecule has 0 spiro atoms. The Hall–Kier alpha value is -2.84. The summed E-state index contributed by atoms with van der Waals surface area (Å²) < 4.78 is 10.5. The van der Waals surface area contributed by atoms with E-state index >= 15 is 0 Å². The van der Waals surface area contributed by atoms with E-state index in [1.54, 1.807) is 24.1 Å². The molecule has 2 atom stereocenters. The van der Waals surface area contributed by atoms with Crippen LogP contribution in [0.2, 0.25) is 0 Å². The number of methoxy groups -OCH3 is 1. The Morgan fingerprint density at radius 3 is 2.74 bits per heavy atom. The van der Waals surface area contributed by atoms with E-state index in [2.05, 4.69) is 10.2 Å². The van der Waals surface area contributed by atoms with E-state index < -0.39 is 6.10 Å². The first kappa shape index (κ1) is 21.4. The summed E-state index contributed by atoms with van der Waals surface area (Å²) in [6.45, 7) is 2.10. The maximum absolute atomic E-state index is 12.9. The Labute approximate surface area is 181 Å². The van der Waals surface area contributed by atoms with Gasteiger partial charge in [-0.15, -0.1) is 0 Å². The number of nitrogens with one attached hydrogen (secondary N) is 1. The zero-order valence-electron chi connectivity index (χ0n) is 17.7. The Morgan fingerprint density at radius 2 is 2.03 bits per heavy atom. The lowest BCUT2D eigenvalue weighted by Crippen LogP contribution is -2.52. The Balaban J connectivity index is 1.33. The van der Waals surface area contributed by atoms with E-state index in [1.165, 1.54) is 6.26 Å². The van der Waals surface area contributed by atoms with Crippen LogP contribution in [0.25, 0.3) is 0 Å². The first-order valence-electron chi connectivity index (χ1n) is 10.7. The van der Waals surface area contributed by atoms with Crippen LogP contribution in [0.3, 0.4) is 0 Å². The minimum atomic E-state index is -0.518. The fourth-order valence-corrected chi connectivity index (χ4v) is 4.55. The standard InChI is InChI=1S/C23H29N3O5/c1-30-19-5-2-4-16(12-19)14-24-22(28)20-13-18(27)15-26(20)17-7-9-25(10-8-17)23(29)21-6-3-11-31-21/h2-6,11-12,17-18,20,27H,7-10,13-15H2,1H3,(H,24,28)/t18-,20+/m1/s1. The lowest BCUT2D eigenvalue weighted by molar-refractivity contribution is -0.126. The molecule has 4 rings (SSSR count). The van der Waals surface area contributed by atoms with Crippen LogP contribution >= 0.6 is 0 Å². The molecule has 3 heterocycles. The highest BCUT2D eigenvalue weighted by Crippen LogP contribution is 2.27. The number of aliphatic hydroxyl groups is 1. The first-order chi connectivity index (χ1) is 15.0. The molecule has 2 aliphatic heterocycles. The summed E-state index contributed by atoms with van der Waals surface area (Å²) in [6, 6.07) is 10.8. The van der Waals surface area contributed by atoms with E-state index in [0.29, 0.717) is 38.4 Å². The highest BCUT2D eigenvalue weighted by molar-refractivity contribution is 5.91. The summed E-state index contributed by atoms with van der Waals surface area (Å²) >= 11 is 0. The molecule has 8 heteroatoms. The Morgan fingerprint density at radius 1 is 1.23 bits per heavy atom. The van der Waals surface area contributed by atoms with Crippen LogP contribution in [0, 0.1) is 0 Å². The fraction of sp³-hybridized carbons (Fsp3) is 0.478. The zero-order chi connectivity index (χ0) is 21.8. The lowest BCUT2D eigenvalue weighted by Gasteiger charge is -2.38. The van der Waals surface area contributed by atoms with Crippen LogP contribution in [-0.2, 0) is 11.3 Å². The number of piperidine rings is 1. The zero-order valence-corrected chi connectivity index (χ0v) is 17.7. The predicted molar refractivity (Wildman–Crippen MR) is 114 cm³/mol. The molecule has 2 aromatic rings. The second kappa shape index (κ2) is 9.53. The van der Waals surface area contributed by atoms with Gasteiger partial charge in [-0.05, 0) is 49.1 Å². The van der Waals surface area contributed by atoms with Crippen molar-refractivity contribution in [3.05, 3.63) is 54.0 Å². The molecule has 2 amide bonds. The Bertz CT molecular complexity index is 892. The van der Waals surface area contributed by atoms with Crippen molar-refractivity contribution in [2.45, 2.75) is 44.0 Å². The summed E-state index contributed by atoms with van der Waals surface area (Å²) in [5.41, 5.74) is 0.961. The third kappa shape index (κ3) is 4.91. The van der Waals surface area contributed by atoms with Gasteiger partial charge in [0.1, 0.15) is 5.75 Å². The number of likely N-dealkylation sites (tertiary alicyclic amines) is 2. The highest BCUT2D eigenvalue weighted by Gasteiger charge is 2.41. The van der Waals surface area contributed by atoms with Crippen LogP contribution in [0.15, 0.2) is 47.1 Å². The number of carbonyl (C=O) groups excluding carboxylic acids is 2. The molecule has 1 aromatic heterocycles. The lowest BCUT2D eigenvalue weighted by atomic mass is 10.0. The van der Waals surface area contributed by atoms with Crippen molar-refractivity contribution < 1.29 is 23.8 Å². The number of nitrogens with zero attached hydrogens (tertiary/aromatic N) is 2. The van der Waals surface area contributed by atoms with Gasteiger partial charge in [0.2, 0.25) is 5.91 Å². The van der Waals surface area contributed by atoms with E-state index in [4.69, 9.17) is 9.15 Å². The summed E-state index contributed by atoms with van der Waals surface area (Å²) in [5.74, 6) is 0.927.